The lowest BCUT2D eigenvalue weighted by Gasteiger charge is -2.22. The fourth-order valence-electron chi connectivity index (χ4n) is 3.47. The molecule has 10 heteroatoms. The van der Waals surface area contributed by atoms with Gasteiger partial charge < -0.3 is 14.4 Å². The maximum absolute atomic E-state index is 12.5. The van der Waals surface area contributed by atoms with Crippen LogP contribution in [0.4, 0.5) is 4.79 Å². The number of benzene rings is 1. The Balaban J connectivity index is 1.70. The van der Waals surface area contributed by atoms with Crippen molar-refractivity contribution in [2.75, 3.05) is 26.2 Å². The molecule has 2 aliphatic heterocycles. The van der Waals surface area contributed by atoms with Gasteiger partial charge in [0.15, 0.2) is 5.03 Å². The van der Waals surface area contributed by atoms with E-state index in [2.05, 4.69) is 5.10 Å². The Bertz CT molecular complexity index is 830. The van der Waals surface area contributed by atoms with Gasteiger partial charge in [0.1, 0.15) is 10.9 Å². The second kappa shape index (κ2) is 7.82. The van der Waals surface area contributed by atoms with Gasteiger partial charge in [-0.3, -0.25) is 0 Å². The van der Waals surface area contributed by atoms with Gasteiger partial charge in [-0.15, -0.1) is 0 Å². The molecule has 148 valence electrons. The minimum atomic E-state index is -0.815. The maximum Gasteiger partial charge on any atom is 0.422 e. The molecule has 2 saturated heterocycles. The molecule has 1 aromatic carbocycles. The van der Waals surface area contributed by atoms with Crippen LogP contribution in [0, 0.1) is 27.4 Å². The van der Waals surface area contributed by atoms with Crippen LogP contribution in [0.15, 0.2) is 29.4 Å². The molecule has 0 bridgehead atoms. The minimum absolute atomic E-state index is 0.0339. The summed E-state index contributed by atoms with van der Waals surface area (Å²) in [6.45, 7) is 5.74. The van der Waals surface area contributed by atoms with Crippen LogP contribution < -0.4 is 4.74 Å². The first-order chi connectivity index (χ1) is 13.3. The lowest BCUT2D eigenvalue weighted by Crippen LogP contribution is -2.41. The van der Waals surface area contributed by atoms with Gasteiger partial charge in [-0.2, -0.15) is 5.26 Å². The molecule has 0 radical (unpaired) electrons. The topological polar surface area (TPSA) is 121 Å². The summed E-state index contributed by atoms with van der Waals surface area (Å²) in [5, 5.41) is 22.4. The summed E-state index contributed by atoms with van der Waals surface area (Å²) < 4.78 is 11.0. The number of hydrogen-bond donors (Lipinski definition) is 0. The van der Waals surface area contributed by atoms with Crippen LogP contribution in [0.3, 0.4) is 0 Å². The van der Waals surface area contributed by atoms with Crippen LogP contribution in [0.2, 0.25) is 0 Å². The average Bonchev–Trinajstić information content (AvgIpc) is 3.18. The normalized spacial score (nSPS) is 22.3. The summed E-state index contributed by atoms with van der Waals surface area (Å²) in [4.78, 5) is 26.4. The number of amides is 1. The fraction of sp³-hybridized carbons (Fsp3) is 0.500. The van der Waals surface area contributed by atoms with Gasteiger partial charge in [-0.1, -0.05) is 0 Å². The van der Waals surface area contributed by atoms with E-state index < -0.39 is 11.1 Å². The van der Waals surface area contributed by atoms with Crippen molar-refractivity contribution < 1.29 is 19.3 Å². The van der Waals surface area contributed by atoms with Crippen molar-refractivity contribution in [1.29, 1.82) is 5.26 Å². The van der Waals surface area contributed by atoms with Crippen molar-refractivity contribution in [1.82, 2.24) is 9.80 Å². The third-order valence-corrected chi connectivity index (χ3v) is 4.67. The molecule has 3 rings (SSSR count). The molecular formula is C18H21N5O5. The van der Waals surface area contributed by atoms with E-state index >= 15 is 0 Å². The van der Waals surface area contributed by atoms with Gasteiger partial charge in [0.05, 0.1) is 30.4 Å². The summed E-state index contributed by atoms with van der Waals surface area (Å²) in [5.74, 6) is 0.406. The van der Waals surface area contributed by atoms with E-state index in [1.165, 1.54) is 24.3 Å². The number of rotatable bonds is 4. The van der Waals surface area contributed by atoms with Gasteiger partial charge in [-0.05, 0) is 44.5 Å². The highest BCUT2D eigenvalue weighted by molar-refractivity contribution is 5.96. The molecule has 2 fully saturated rings. The molecule has 28 heavy (non-hydrogen) atoms. The number of carbonyl (C=O) groups is 1. The summed E-state index contributed by atoms with van der Waals surface area (Å²) >= 11 is 0. The molecule has 1 aromatic rings. The number of hydrazone groups is 1. The highest BCUT2D eigenvalue weighted by atomic mass is 16.7. The highest BCUT2D eigenvalue weighted by Crippen LogP contribution is 2.30. The van der Waals surface area contributed by atoms with Crippen molar-refractivity contribution in [2.24, 2.45) is 11.0 Å². The van der Waals surface area contributed by atoms with E-state index in [-0.39, 0.29) is 29.8 Å². The van der Waals surface area contributed by atoms with Crippen LogP contribution in [0.5, 0.6) is 5.75 Å². The summed E-state index contributed by atoms with van der Waals surface area (Å²) in [6, 6.07) is 8.00. The maximum atomic E-state index is 12.5. The first-order valence-electron chi connectivity index (χ1n) is 8.89. The molecule has 2 heterocycles. The van der Waals surface area contributed by atoms with Crippen molar-refractivity contribution in [3.63, 3.8) is 0 Å². The molecule has 0 saturated carbocycles. The lowest BCUT2D eigenvalue weighted by molar-refractivity contribution is -0.486. The third-order valence-electron chi connectivity index (χ3n) is 4.67. The van der Waals surface area contributed by atoms with E-state index in [9.17, 15) is 14.9 Å². The van der Waals surface area contributed by atoms with Gasteiger partial charge in [0.25, 0.3) is 5.96 Å². The number of carbonyl (C=O) groups excluding carboxylic acids is 1. The van der Waals surface area contributed by atoms with Crippen molar-refractivity contribution >= 4 is 12.1 Å². The predicted molar refractivity (Wildman–Crippen MR) is 98.0 cm³/mol. The molecule has 2 aliphatic rings. The molecule has 0 aromatic heterocycles. The van der Waals surface area contributed by atoms with E-state index in [1.54, 1.807) is 4.90 Å². The van der Waals surface area contributed by atoms with Gasteiger partial charge in [0.2, 0.25) is 0 Å². The van der Waals surface area contributed by atoms with Crippen LogP contribution >= 0.6 is 0 Å². The zero-order valence-electron chi connectivity index (χ0n) is 15.7. The Morgan fingerprint density at radius 3 is 2.71 bits per heavy atom. The lowest BCUT2D eigenvalue weighted by atomic mass is 9.97. The average molecular weight is 387 g/mol. The number of hydrogen-bond acceptors (Lipinski definition) is 6. The number of ether oxygens (including phenoxy) is 2. The van der Waals surface area contributed by atoms with E-state index in [0.717, 1.165) is 11.3 Å². The SMILES string of the molecule is CC1(C)CC(CN2CCN(C(=O)Oc3ccc(C#N)cc3)C2=N[N+](=O)[O-])CO1. The summed E-state index contributed by atoms with van der Waals surface area (Å²) in [5.41, 5.74) is 0.211. The number of guanidine groups is 1. The molecule has 1 amide bonds. The van der Waals surface area contributed by atoms with Crippen molar-refractivity contribution in [2.45, 2.75) is 25.9 Å². The molecule has 1 unspecified atom stereocenters. The Kier molecular flexibility index (Phi) is 5.46. The molecule has 10 nitrogen and oxygen atoms in total. The summed E-state index contributed by atoms with van der Waals surface area (Å²) in [6.07, 6.45) is 0.0705. The van der Waals surface area contributed by atoms with E-state index in [1.807, 2.05) is 19.9 Å². The van der Waals surface area contributed by atoms with E-state index in [4.69, 9.17) is 14.7 Å². The fourth-order valence-corrected chi connectivity index (χ4v) is 3.47. The Labute approximate surface area is 162 Å². The first-order valence-corrected chi connectivity index (χ1v) is 8.89. The number of nitro groups is 1. The van der Waals surface area contributed by atoms with Crippen molar-refractivity contribution in [3.8, 4) is 11.8 Å². The van der Waals surface area contributed by atoms with Crippen LogP contribution in [-0.4, -0.2) is 58.7 Å². The smallest absolute Gasteiger partial charge is 0.410 e. The Morgan fingerprint density at radius 2 is 2.14 bits per heavy atom. The van der Waals surface area contributed by atoms with E-state index in [0.29, 0.717) is 25.3 Å². The first kappa shape index (κ1) is 19.6. The zero-order valence-corrected chi connectivity index (χ0v) is 15.7. The monoisotopic (exact) mass is 387 g/mol. The molecule has 0 N–H and O–H groups in total. The van der Waals surface area contributed by atoms with Crippen LogP contribution in [0.25, 0.3) is 0 Å². The van der Waals surface area contributed by atoms with Crippen molar-refractivity contribution in [3.05, 3.63) is 39.9 Å². The zero-order chi connectivity index (χ0) is 20.3. The highest BCUT2D eigenvalue weighted by Gasteiger charge is 2.39. The second-order valence-corrected chi connectivity index (χ2v) is 7.38. The largest absolute Gasteiger partial charge is 0.422 e. The van der Waals surface area contributed by atoms with Gasteiger partial charge >= 0.3 is 6.09 Å². The summed E-state index contributed by atoms with van der Waals surface area (Å²) in [7, 11) is 0. The second-order valence-electron chi connectivity index (χ2n) is 7.38. The third kappa shape index (κ3) is 4.55. The number of nitrogens with zero attached hydrogens (tertiary/aromatic N) is 5. The Morgan fingerprint density at radius 1 is 1.43 bits per heavy atom. The van der Waals surface area contributed by atoms with Crippen LogP contribution in [-0.2, 0) is 4.74 Å². The molecular weight excluding hydrogens is 366 g/mol. The van der Waals surface area contributed by atoms with Crippen LogP contribution in [0.1, 0.15) is 25.8 Å². The predicted octanol–water partition coefficient (Wildman–Crippen LogP) is 2.04. The molecule has 1 atom stereocenters. The standard InChI is InChI=1S/C18H21N5O5/c1-18(2)9-14(12-27-18)11-21-7-8-22(16(21)20-23(25)26)17(24)28-15-5-3-13(10-19)4-6-15/h3-6,14H,7-9,11-12H2,1-2H3. The number of nitriles is 1. The minimum Gasteiger partial charge on any atom is -0.410 e. The van der Waals surface area contributed by atoms with Gasteiger partial charge in [-0.25, -0.2) is 19.8 Å². The quantitative estimate of drug-likeness (QED) is 0.572. The molecule has 0 spiro atoms. The Hall–Kier alpha value is -3.19. The molecule has 0 aliphatic carbocycles. The van der Waals surface area contributed by atoms with Gasteiger partial charge in [0, 0.05) is 19.0 Å².